The summed E-state index contributed by atoms with van der Waals surface area (Å²) in [7, 11) is -3.25. The molecule has 1 aliphatic rings. The molecular weight excluding hydrogens is 436 g/mol. The van der Waals surface area contributed by atoms with Crippen molar-refractivity contribution in [3.63, 3.8) is 0 Å². The summed E-state index contributed by atoms with van der Waals surface area (Å²) in [5, 5.41) is 3.39. The summed E-state index contributed by atoms with van der Waals surface area (Å²) in [4.78, 5) is 18.6. The highest BCUT2D eigenvalue weighted by Crippen LogP contribution is 2.19. The van der Waals surface area contributed by atoms with E-state index in [1.165, 1.54) is 6.26 Å². The highest BCUT2D eigenvalue weighted by molar-refractivity contribution is 7.90. The molecule has 2 aromatic rings. The van der Waals surface area contributed by atoms with Crippen LogP contribution in [0.3, 0.4) is 0 Å². The van der Waals surface area contributed by atoms with Crippen LogP contribution in [-0.2, 0) is 14.6 Å². The molecule has 1 aromatic heterocycles. The molecule has 8 nitrogen and oxygen atoms in total. The van der Waals surface area contributed by atoms with E-state index in [0.717, 1.165) is 18.5 Å². The molecule has 0 spiro atoms. The summed E-state index contributed by atoms with van der Waals surface area (Å²) in [6.45, 7) is 6.82. The van der Waals surface area contributed by atoms with Gasteiger partial charge in [-0.05, 0) is 76.2 Å². The van der Waals surface area contributed by atoms with Gasteiger partial charge in [-0.1, -0.05) is 0 Å². The fourth-order valence-electron chi connectivity index (χ4n) is 3.28. The van der Waals surface area contributed by atoms with Crippen LogP contribution >= 0.6 is 12.2 Å². The van der Waals surface area contributed by atoms with Crippen molar-refractivity contribution in [1.82, 2.24) is 14.5 Å². The van der Waals surface area contributed by atoms with Crippen LogP contribution in [0.5, 0.6) is 0 Å². The first kappa shape index (κ1) is 23.2. The number of rotatable bonds is 4. The topological polar surface area (TPSA) is 93.5 Å². The number of nitrogens with zero attached hydrogens (tertiary/aromatic N) is 3. The van der Waals surface area contributed by atoms with Gasteiger partial charge < -0.3 is 15.0 Å². The molecule has 0 aliphatic carbocycles. The third-order valence-corrected chi connectivity index (χ3v) is 6.26. The minimum Gasteiger partial charge on any atom is -0.444 e. The Morgan fingerprint density at radius 3 is 2.29 bits per heavy atom. The van der Waals surface area contributed by atoms with Crippen molar-refractivity contribution in [2.75, 3.05) is 24.7 Å². The molecule has 0 atom stereocenters. The van der Waals surface area contributed by atoms with E-state index >= 15 is 0 Å². The van der Waals surface area contributed by atoms with Crippen LogP contribution in [0.2, 0.25) is 0 Å². The molecule has 3 rings (SSSR count). The lowest BCUT2D eigenvalue weighted by atomic mass is 10.1. The van der Waals surface area contributed by atoms with Crippen molar-refractivity contribution in [1.29, 1.82) is 0 Å². The van der Waals surface area contributed by atoms with E-state index in [4.69, 9.17) is 17.0 Å². The second-order valence-corrected chi connectivity index (χ2v) is 11.0. The largest absolute Gasteiger partial charge is 0.444 e. The Morgan fingerprint density at radius 1 is 1.16 bits per heavy atom. The average molecular weight is 465 g/mol. The third-order valence-electron chi connectivity index (χ3n) is 4.85. The molecule has 1 amide bonds. The van der Waals surface area contributed by atoms with Gasteiger partial charge in [0.05, 0.1) is 4.90 Å². The number of anilines is 1. The summed E-state index contributed by atoms with van der Waals surface area (Å²) >= 11 is 5.42. The Hall–Kier alpha value is -2.46. The SMILES string of the molecule is CC(C)(C)OC(=O)N1CCC(Nc2ccn(-c3ccc(S(C)(=O)=O)cc3)c(=S)n2)CC1. The second-order valence-electron chi connectivity index (χ2n) is 8.62. The van der Waals surface area contributed by atoms with E-state index in [0.29, 0.717) is 23.7 Å². The van der Waals surface area contributed by atoms with Crippen LogP contribution in [-0.4, -0.2) is 60.0 Å². The molecule has 0 saturated carbocycles. The van der Waals surface area contributed by atoms with Gasteiger partial charge in [0.2, 0.25) is 4.77 Å². The van der Waals surface area contributed by atoms with Crippen molar-refractivity contribution in [2.24, 2.45) is 0 Å². The molecule has 1 fully saturated rings. The fourth-order valence-corrected chi connectivity index (χ4v) is 4.17. The number of benzene rings is 1. The molecule has 1 N–H and O–H groups in total. The minimum atomic E-state index is -3.25. The first-order chi connectivity index (χ1) is 14.4. The zero-order valence-electron chi connectivity index (χ0n) is 18.2. The fraction of sp³-hybridized carbons (Fsp3) is 0.476. The molecule has 0 bridgehead atoms. The average Bonchev–Trinajstić information content (AvgIpc) is 2.67. The molecule has 168 valence electrons. The second kappa shape index (κ2) is 8.96. The van der Waals surface area contributed by atoms with Gasteiger partial charge in [-0.3, -0.25) is 4.57 Å². The number of amides is 1. The first-order valence-electron chi connectivity index (χ1n) is 10.1. The maximum Gasteiger partial charge on any atom is 0.410 e. The van der Waals surface area contributed by atoms with E-state index in [2.05, 4.69) is 10.3 Å². The number of carbonyl (C=O) groups excluding carboxylic acids is 1. The first-order valence-corrected chi connectivity index (χ1v) is 12.4. The Balaban J connectivity index is 1.61. The number of nitrogens with one attached hydrogen (secondary N) is 1. The summed E-state index contributed by atoms with van der Waals surface area (Å²) in [6, 6.07) is 8.53. The van der Waals surface area contributed by atoms with E-state index in [1.807, 2.05) is 33.0 Å². The number of likely N-dealkylation sites (tertiary alicyclic amines) is 1. The van der Waals surface area contributed by atoms with Crippen LogP contribution in [0.4, 0.5) is 10.6 Å². The van der Waals surface area contributed by atoms with Crippen LogP contribution in [0.1, 0.15) is 33.6 Å². The van der Waals surface area contributed by atoms with Crippen molar-refractivity contribution in [3.05, 3.63) is 41.3 Å². The molecule has 1 saturated heterocycles. The highest BCUT2D eigenvalue weighted by Gasteiger charge is 2.27. The smallest absolute Gasteiger partial charge is 0.410 e. The third kappa shape index (κ3) is 6.27. The predicted molar refractivity (Wildman–Crippen MR) is 122 cm³/mol. The molecule has 1 aromatic carbocycles. The van der Waals surface area contributed by atoms with Crippen molar-refractivity contribution in [3.8, 4) is 5.69 Å². The lowest BCUT2D eigenvalue weighted by molar-refractivity contribution is 0.0210. The minimum absolute atomic E-state index is 0.186. The molecule has 0 unspecified atom stereocenters. The highest BCUT2D eigenvalue weighted by atomic mass is 32.2. The van der Waals surface area contributed by atoms with Gasteiger partial charge in [-0.2, -0.15) is 0 Å². The molecule has 2 heterocycles. The number of hydrogen-bond donors (Lipinski definition) is 1. The van der Waals surface area contributed by atoms with Crippen LogP contribution in [0, 0.1) is 4.77 Å². The molecule has 31 heavy (non-hydrogen) atoms. The lowest BCUT2D eigenvalue weighted by Gasteiger charge is -2.33. The van der Waals surface area contributed by atoms with Gasteiger partial charge >= 0.3 is 6.09 Å². The van der Waals surface area contributed by atoms with Crippen molar-refractivity contribution >= 4 is 34.0 Å². The number of sulfone groups is 1. The zero-order chi connectivity index (χ0) is 22.8. The van der Waals surface area contributed by atoms with E-state index in [9.17, 15) is 13.2 Å². The van der Waals surface area contributed by atoms with Crippen molar-refractivity contribution in [2.45, 2.75) is 50.2 Å². The summed E-state index contributed by atoms with van der Waals surface area (Å²) in [6.07, 6.45) is 4.28. The summed E-state index contributed by atoms with van der Waals surface area (Å²) in [5.74, 6) is 0.671. The number of aromatic nitrogens is 2. The Morgan fingerprint density at radius 2 is 1.77 bits per heavy atom. The molecule has 1 aliphatic heterocycles. The van der Waals surface area contributed by atoms with E-state index < -0.39 is 15.4 Å². The van der Waals surface area contributed by atoms with Crippen molar-refractivity contribution < 1.29 is 17.9 Å². The zero-order valence-corrected chi connectivity index (χ0v) is 19.8. The monoisotopic (exact) mass is 464 g/mol. The number of hydrogen-bond acceptors (Lipinski definition) is 7. The number of ether oxygens (including phenoxy) is 1. The standard InChI is InChI=1S/C21H28N4O4S2/c1-21(2,3)29-20(26)24-12-9-15(10-13-24)22-18-11-14-25(19(30)23-18)16-5-7-17(8-6-16)31(4,27)28/h5-8,11,14-15H,9-10,12-13H2,1-4H3,(H,22,23,30). The van der Waals surface area contributed by atoms with Gasteiger partial charge in [-0.15, -0.1) is 0 Å². The Labute approximate surface area is 188 Å². The number of carbonyl (C=O) groups is 1. The summed E-state index contributed by atoms with van der Waals surface area (Å²) in [5.41, 5.74) is 0.239. The predicted octanol–water partition coefficient (Wildman–Crippen LogP) is 3.82. The maximum atomic E-state index is 12.2. The Bertz CT molecular complexity index is 1100. The number of piperidine rings is 1. The molecule has 0 radical (unpaired) electrons. The molecule has 10 heteroatoms. The maximum absolute atomic E-state index is 12.2. The van der Waals surface area contributed by atoms with Crippen LogP contribution in [0.15, 0.2) is 41.4 Å². The van der Waals surface area contributed by atoms with Crippen LogP contribution in [0.25, 0.3) is 5.69 Å². The summed E-state index contributed by atoms with van der Waals surface area (Å²) < 4.78 is 30.8. The lowest BCUT2D eigenvalue weighted by Crippen LogP contribution is -2.44. The van der Waals surface area contributed by atoms with Gasteiger partial charge in [0.25, 0.3) is 0 Å². The quantitative estimate of drug-likeness (QED) is 0.688. The van der Waals surface area contributed by atoms with Crippen LogP contribution < -0.4 is 5.32 Å². The van der Waals surface area contributed by atoms with E-state index in [-0.39, 0.29) is 17.0 Å². The van der Waals surface area contributed by atoms with Gasteiger partial charge in [0.15, 0.2) is 9.84 Å². The molecular formula is C21H28N4O4S2. The van der Waals surface area contributed by atoms with Gasteiger partial charge in [-0.25, -0.2) is 18.2 Å². The normalized spacial score (nSPS) is 15.5. The Kier molecular flexibility index (Phi) is 6.70. The van der Waals surface area contributed by atoms with E-state index in [1.54, 1.807) is 33.7 Å². The van der Waals surface area contributed by atoms with Gasteiger partial charge in [0.1, 0.15) is 11.4 Å². The van der Waals surface area contributed by atoms with Gasteiger partial charge in [0, 0.05) is 37.3 Å².